The third-order valence-corrected chi connectivity index (χ3v) is 7.10. The van der Waals surface area contributed by atoms with Crippen molar-refractivity contribution in [2.45, 2.75) is 52.1 Å². The van der Waals surface area contributed by atoms with Gasteiger partial charge in [-0.1, -0.05) is 12.1 Å². The number of carboxylic acid groups (broad SMARTS) is 1. The predicted octanol–water partition coefficient (Wildman–Crippen LogP) is 5.38. The minimum Gasteiger partial charge on any atom is -0.465 e. The second-order valence-corrected chi connectivity index (χ2v) is 10.5. The average Bonchev–Trinajstić information content (AvgIpc) is 2.84. The molecular weight excluding hydrogens is 468 g/mol. The molecule has 0 spiro atoms. The lowest BCUT2D eigenvalue weighted by Crippen LogP contribution is -2.66. The molecule has 194 valence electrons. The van der Waals surface area contributed by atoms with E-state index in [0.29, 0.717) is 5.95 Å². The summed E-state index contributed by atoms with van der Waals surface area (Å²) in [5.74, 6) is 0.388. The normalized spacial score (nSPS) is 19.6. The SMILES string of the molecule is CC(=O)Nc1ccc(-c2ccnc(Nc3ccc([N+]4(C(C)(C)C)CCC(NC(=O)O)CC4)cc3)n2)cc1. The van der Waals surface area contributed by atoms with Gasteiger partial charge in [0.15, 0.2) is 0 Å². The van der Waals surface area contributed by atoms with Crippen molar-refractivity contribution >= 4 is 35.0 Å². The molecule has 3 aromatic rings. The summed E-state index contributed by atoms with van der Waals surface area (Å²) >= 11 is 0. The Balaban J connectivity index is 1.49. The molecule has 2 amide bonds. The van der Waals surface area contributed by atoms with Gasteiger partial charge in [-0.25, -0.2) is 14.8 Å². The quantitative estimate of drug-likeness (QED) is 0.336. The molecule has 1 aromatic heterocycles. The molecule has 1 aliphatic heterocycles. The number of carbonyl (C=O) groups is 2. The number of quaternary nitrogens is 1. The molecule has 2 heterocycles. The van der Waals surface area contributed by atoms with Crippen LogP contribution in [0.25, 0.3) is 11.3 Å². The first-order valence-electron chi connectivity index (χ1n) is 12.5. The first-order valence-corrected chi connectivity index (χ1v) is 12.5. The Labute approximate surface area is 217 Å². The number of hydrogen-bond donors (Lipinski definition) is 4. The summed E-state index contributed by atoms with van der Waals surface area (Å²) < 4.78 is 0.797. The molecule has 0 aliphatic carbocycles. The Bertz CT molecular complexity index is 1240. The third kappa shape index (κ3) is 6.06. The van der Waals surface area contributed by atoms with Gasteiger partial charge < -0.3 is 21.1 Å². The van der Waals surface area contributed by atoms with Crippen LogP contribution >= 0.6 is 0 Å². The van der Waals surface area contributed by atoms with Crippen LogP contribution < -0.4 is 20.4 Å². The summed E-state index contributed by atoms with van der Waals surface area (Å²) in [6, 6.07) is 17.7. The van der Waals surface area contributed by atoms with Crippen LogP contribution in [0.15, 0.2) is 60.8 Å². The van der Waals surface area contributed by atoms with E-state index in [4.69, 9.17) is 5.11 Å². The van der Waals surface area contributed by atoms with E-state index in [2.05, 4.69) is 58.8 Å². The van der Waals surface area contributed by atoms with Gasteiger partial charge in [0.2, 0.25) is 11.9 Å². The number of amides is 2. The van der Waals surface area contributed by atoms with Gasteiger partial charge in [0.25, 0.3) is 0 Å². The number of anilines is 3. The standard InChI is InChI=1S/C28H34N6O3/c1-19(35)30-21-7-5-20(6-8-21)25-13-16-29-26(33-25)31-22-9-11-24(12-10-22)34(28(2,3)4)17-14-23(15-18-34)32-27(36)37/h5-13,16,23,32H,14-15,17-18H2,1-4H3,(H2-,29,30,31,33,35,36,37)/p+1. The van der Waals surface area contributed by atoms with Gasteiger partial charge in [0.05, 0.1) is 24.3 Å². The molecule has 0 unspecified atom stereocenters. The summed E-state index contributed by atoms with van der Waals surface area (Å²) in [4.78, 5) is 31.4. The van der Waals surface area contributed by atoms with Crippen molar-refractivity contribution in [3.05, 3.63) is 60.8 Å². The van der Waals surface area contributed by atoms with Crippen molar-refractivity contribution in [1.29, 1.82) is 0 Å². The van der Waals surface area contributed by atoms with Gasteiger partial charge in [-0.2, -0.15) is 0 Å². The lowest BCUT2D eigenvalue weighted by Gasteiger charge is -2.51. The van der Waals surface area contributed by atoms with Crippen LogP contribution in [0.3, 0.4) is 0 Å². The fourth-order valence-electron chi connectivity index (χ4n) is 5.11. The van der Waals surface area contributed by atoms with E-state index in [1.165, 1.54) is 12.6 Å². The van der Waals surface area contributed by atoms with Gasteiger partial charge in [0, 0.05) is 61.1 Å². The summed E-state index contributed by atoms with van der Waals surface area (Å²) in [5, 5.41) is 17.8. The summed E-state index contributed by atoms with van der Waals surface area (Å²) in [5.41, 5.74) is 4.50. The second kappa shape index (κ2) is 10.6. The molecule has 4 N–H and O–H groups in total. The molecule has 9 nitrogen and oxygen atoms in total. The van der Waals surface area contributed by atoms with Gasteiger partial charge >= 0.3 is 6.09 Å². The molecule has 1 aliphatic rings. The Morgan fingerprint density at radius 1 is 0.946 bits per heavy atom. The minimum absolute atomic E-state index is 0.00179. The number of nitrogens with one attached hydrogen (secondary N) is 3. The summed E-state index contributed by atoms with van der Waals surface area (Å²) in [7, 11) is 0. The predicted molar refractivity (Wildman–Crippen MR) is 147 cm³/mol. The molecule has 9 heteroatoms. The first kappa shape index (κ1) is 26.1. The molecule has 0 bridgehead atoms. The van der Waals surface area contributed by atoms with Gasteiger partial charge in [-0.3, -0.25) is 9.28 Å². The van der Waals surface area contributed by atoms with Crippen molar-refractivity contribution in [3.63, 3.8) is 0 Å². The number of likely N-dealkylation sites (tertiary alicyclic amines) is 1. The van der Waals surface area contributed by atoms with E-state index in [0.717, 1.165) is 53.0 Å². The maximum atomic E-state index is 11.2. The van der Waals surface area contributed by atoms with Gasteiger partial charge in [0.1, 0.15) is 5.69 Å². The highest BCUT2D eigenvalue weighted by Crippen LogP contribution is 2.38. The lowest BCUT2D eigenvalue weighted by atomic mass is 9.91. The van der Waals surface area contributed by atoms with Crippen LogP contribution in [0.1, 0.15) is 40.5 Å². The Kier molecular flexibility index (Phi) is 7.45. The smallest absolute Gasteiger partial charge is 0.404 e. The maximum absolute atomic E-state index is 11.2. The fraction of sp³-hybridized carbons (Fsp3) is 0.357. The summed E-state index contributed by atoms with van der Waals surface area (Å²) in [6.45, 7) is 9.94. The van der Waals surface area contributed by atoms with Crippen LogP contribution in [0.2, 0.25) is 0 Å². The average molecular weight is 504 g/mol. The van der Waals surface area contributed by atoms with E-state index in [-0.39, 0.29) is 17.5 Å². The second-order valence-electron chi connectivity index (χ2n) is 10.5. The molecule has 0 atom stereocenters. The molecule has 4 rings (SSSR count). The Morgan fingerprint density at radius 3 is 2.14 bits per heavy atom. The summed E-state index contributed by atoms with van der Waals surface area (Å²) in [6.07, 6.45) is 2.37. The van der Waals surface area contributed by atoms with Crippen molar-refractivity contribution in [2.24, 2.45) is 0 Å². The zero-order valence-electron chi connectivity index (χ0n) is 21.8. The molecule has 1 saturated heterocycles. The van der Waals surface area contributed by atoms with Crippen LogP contribution in [0.4, 0.5) is 27.8 Å². The lowest BCUT2D eigenvalue weighted by molar-refractivity contribution is -0.114. The third-order valence-electron chi connectivity index (χ3n) is 7.10. The Hall–Kier alpha value is -3.98. The number of carbonyl (C=O) groups excluding carboxylic acids is 1. The van der Waals surface area contributed by atoms with Crippen LogP contribution in [-0.4, -0.2) is 51.7 Å². The molecular formula is C28H35N6O3+. The highest BCUT2D eigenvalue weighted by Gasteiger charge is 2.45. The van der Waals surface area contributed by atoms with E-state index in [9.17, 15) is 9.59 Å². The number of nitrogens with zero attached hydrogens (tertiary/aromatic N) is 3. The van der Waals surface area contributed by atoms with E-state index in [1.54, 1.807) is 6.20 Å². The number of benzene rings is 2. The minimum atomic E-state index is -0.954. The first-order chi connectivity index (χ1) is 17.6. The van der Waals surface area contributed by atoms with E-state index in [1.807, 2.05) is 42.5 Å². The highest BCUT2D eigenvalue weighted by atomic mass is 16.4. The topological polar surface area (TPSA) is 116 Å². The van der Waals surface area contributed by atoms with Crippen LogP contribution in [0, 0.1) is 0 Å². The van der Waals surface area contributed by atoms with Crippen molar-refractivity contribution in [3.8, 4) is 11.3 Å². The molecule has 0 radical (unpaired) electrons. The van der Waals surface area contributed by atoms with Gasteiger partial charge in [-0.15, -0.1) is 0 Å². The molecule has 37 heavy (non-hydrogen) atoms. The van der Waals surface area contributed by atoms with Crippen LogP contribution in [-0.2, 0) is 4.79 Å². The van der Waals surface area contributed by atoms with E-state index < -0.39 is 6.09 Å². The van der Waals surface area contributed by atoms with Gasteiger partial charge in [-0.05, 0) is 51.1 Å². The number of piperidine rings is 1. The fourth-order valence-corrected chi connectivity index (χ4v) is 5.11. The van der Waals surface area contributed by atoms with Crippen molar-refractivity contribution < 1.29 is 14.7 Å². The largest absolute Gasteiger partial charge is 0.465 e. The van der Waals surface area contributed by atoms with Crippen LogP contribution in [0.5, 0.6) is 0 Å². The number of hydrogen-bond acceptors (Lipinski definition) is 5. The molecule has 0 saturated carbocycles. The number of aromatic nitrogens is 2. The highest BCUT2D eigenvalue weighted by molar-refractivity contribution is 5.88. The van der Waals surface area contributed by atoms with E-state index >= 15 is 0 Å². The molecule has 2 aromatic carbocycles. The maximum Gasteiger partial charge on any atom is 0.404 e. The zero-order valence-corrected chi connectivity index (χ0v) is 21.8. The number of rotatable bonds is 6. The Morgan fingerprint density at radius 2 is 1.57 bits per heavy atom. The molecule has 1 fully saturated rings. The van der Waals surface area contributed by atoms with Crippen molar-refractivity contribution in [2.75, 3.05) is 23.7 Å². The zero-order chi connectivity index (χ0) is 26.6. The monoisotopic (exact) mass is 503 g/mol. The van der Waals surface area contributed by atoms with Crippen molar-refractivity contribution in [1.82, 2.24) is 19.8 Å².